The van der Waals surface area contributed by atoms with Crippen LogP contribution in [0.25, 0.3) is 0 Å². The third-order valence-corrected chi connectivity index (χ3v) is 6.18. The first kappa shape index (κ1) is 14.2. The summed E-state index contributed by atoms with van der Waals surface area (Å²) in [7, 11) is -1.25. The number of piperidine rings is 1. The highest BCUT2D eigenvalue weighted by atomic mass is 32.2. The van der Waals surface area contributed by atoms with Crippen LogP contribution in [-0.4, -0.2) is 61.3 Å². The van der Waals surface area contributed by atoms with Crippen LogP contribution in [0.15, 0.2) is 0 Å². The Morgan fingerprint density at radius 1 is 1.11 bits per heavy atom. The maximum absolute atomic E-state index is 12.7. The van der Waals surface area contributed by atoms with E-state index in [0.29, 0.717) is 19.6 Å². The van der Waals surface area contributed by atoms with Crippen LogP contribution in [0.1, 0.15) is 39.0 Å². The third kappa shape index (κ3) is 2.71. The maximum Gasteiger partial charge on any atom is 0.283 e. The highest BCUT2D eigenvalue weighted by Crippen LogP contribution is 2.24. The number of hydrogen-bond acceptors (Lipinski definition) is 3. The van der Waals surface area contributed by atoms with Gasteiger partial charge >= 0.3 is 0 Å². The molecule has 18 heavy (non-hydrogen) atoms. The van der Waals surface area contributed by atoms with Gasteiger partial charge in [0.15, 0.2) is 0 Å². The van der Waals surface area contributed by atoms with Gasteiger partial charge in [0, 0.05) is 19.6 Å². The van der Waals surface area contributed by atoms with E-state index in [1.807, 2.05) is 14.0 Å². The van der Waals surface area contributed by atoms with Crippen molar-refractivity contribution in [2.75, 3.05) is 33.2 Å². The maximum atomic E-state index is 12.7. The second-order valence-corrected chi connectivity index (χ2v) is 7.16. The fourth-order valence-corrected chi connectivity index (χ4v) is 4.94. The van der Waals surface area contributed by atoms with Crippen molar-refractivity contribution in [3.63, 3.8) is 0 Å². The largest absolute Gasteiger partial charge is 0.290 e. The van der Waals surface area contributed by atoms with Gasteiger partial charge < -0.3 is 0 Å². The van der Waals surface area contributed by atoms with Gasteiger partial charge in [-0.25, -0.2) is 0 Å². The van der Waals surface area contributed by atoms with Gasteiger partial charge in [-0.05, 0) is 39.3 Å². The Morgan fingerprint density at radius 3 is 2.28 bits per heavy atom. The fourth-order valence-electron chi connectivity index (χ4n) is 3.03. The number of rotatable bonds is 4. The Kier molecular flexibility index (Phi) is 4.64. The van der Waals surface area contributed by atoms with Crippen LogP contribution in [0.5, 0.6) is 0 Å². The van der Waals surface area contributed by atoms with Crippen LogP contribution >= 0.6 is 0 Å². The molecule has 0 aromatic rings. The van der Waals surface area contributed by atoms with Crippen LogP contribution in [0.3, 0.4) is 0 Å². The van der Waals surface area contributed by atoms with Gasteiger partial charge in [0.1, 0.15) is 0 Å². The summed E-state index contributed by atoms with van der Waals surface area (Å²) in [5.41, 5.74) is 0. The zero-order valence-corrected chi connectivity index (χ0v) is 12.3. The summed E-state index contributed by atoms with van der Waals surface area (Å²) in [6.07, 6.45) is 5.25. The molecule has 0 aromatic carbocycles. The molecule has 2 rings (SSSR count). The minimum atomic E-state index is -3.27. The van der Waals surface area contributed by atoms with Crippen LogP contribution in [0.2, 0.25) is 0 Å². The Labute approximate surface area is 111 Å². The molecule has 2 aliphatic heterocycles. The first-order valence-electron chi connectivity index (χ1n) is 7.04. The summed E-state index contributed by atoms with van der Waals surface area (Å²) in [6.45, 7) is 4.88. The number of likely N-dealkylation sites (tertiary alicyclic amines) is 1. The summed E-state index contributed by atoms with van der Waals surface area (Å²) in [6, 6.07) is 0. The number of hydrogen-bond donors (Lipinski definition) is 0. The lowest BCUT2D eigenvalue weighted by Crippen LogP contribution is -2.53. The predicted molar refractivity (Wildman–Crippen MR) is 72.4 cm³/mol. The topological polar surface area (TPSA) is 43.9 Å². The SMILES string of the molecule is CCN(C1CCCN1C)S(=O)(=O)N1CCCCC1. The number of nitrogens with zero attached hydrogens (tertiary/aromatic N) is 3. The second kappa shape index (κ2) is 5.86. The first-order valence-corrected chi connectivity index (χ1v) is 8.44. The second-order valence-electron chi connectivity index (χ2n) is 5.27. The Balaban J connectivity index is 2.14. The van der Waals surface area contributed by atoms with E-state index in [0.717, 1.165) is 38.6 Å². The quantitative estimate of drug-likeness (QED) is 0.771. The summed E-state index contributed by atoms with van der Waals surface area (Å²) in [5, 5.41) is 0. The van der Waals surface area contributed by atoms with Crippen molar-refractivity contribution in [2.24, 2.45) is 0 Å². The van der Waals surface area contributed by atoms with E-state index in [2.05, 4.69) is 4.90 Å². The summed E-state index contributed by atoms with van der Waals surface area (Å²) in [5.74, 6) is 0. The van der Waals surface area contributed by atoms with Gasteiger partial charge in [-0.3, -0.25) is 4.90 Å². The van der Waals surface area contributed by atoms with Crippen molar-refractivity contribution in [1.29, 1.82) is 0 Å². The molecule has 0 amide bonds. The zero-order valence-electron chi connectivity index (χ0n) is 11.5. The van der Waals surface area contributed by atoms with Gasteiger partial charge in [-0.15, -0.1) is 0 Å². The molecule has 1 atom stereocenters. The molecule has 0 spiro atoms. The third-order valence-electron chi connectivity index (χ3n) is 4.06. The molecule has 6 heteroatoms. The van der Waals surface area contributed by atoms with Gasteiger partial charge in [-0.1, -0.05) is 13.3 Å². The molecule has 1 unspecified atom stereocenters. The average molecular weight is 275 g/mol. The monoisotopic (exact) mass is 275 g/mol. The summed E-state index contributed by atoms with van der Waals surface area (Å²) >= 11 is 0. The standard InChI is InChI=1S/C12H25N3O2S/c1-3-15(12-8-7-9-13(12)2)18(16,17)14-10-5-4-6-11-14/h12H,3-11H2,1-2H3. The zero-order chi connectivity index (χ0) is 13.2. The van der Waals surface area contributed by atoms with Gasteiger partial charge in [0.2, 0.25) is 0 Å². The molecular weight excluding hydrogens is 250 g/mol. The normalized spacial score (nSPS) is 28.1. The Hall–Kier alpha value is -0.170. The summed E-state index contributed by atoms with van der Waals surface area (Å²) < 4.78 is 28.7. The molecule has 0 saturated carbocycles. The van der Waals surface area contributed by atoms with Crippen molar-refractivity contribution in [2.45, 2.75) is 45.2 Å². The molecule has 2 saturated heterocycles. The molecule has 0 bridgehead atoms. The Bertz CT molecular complexity index is 366. The lowest BCUT2D eigenvalue weighted by molar-refractivity contribution is 0.163. The highest BCUT2D eigenvalue weighted by molar-refractivity contribution is 7.86. The van der Waals surface area contributed by atoms with Crippen molar-refractivity contribution in [1.82, 2.24) is 13.5 Å². The Morgan fingerprint density at radius 2 is 1.78 bits per heavy atom. The van der Waals surface area contributed by atoms with Crippen molar-refractivity contribution >= 4 is 10.2 Å². The van der Waals surface area contributed by atoms with Crippen LogP contribution in [0, 0.1) is 0 Å². The van der Waals surface area contributed by atoms with E-state index in [1.165, 1.54) is 0 Å². The van der Waals surface area contributed by atoms with E-state index in [4.69, 9.17) is 0 Å². The fraction of sp³-hybridized carbons (Fsp3) is 1.00. The van der Waals surface area contributed by atoms with E-state index in [-0.39, 0.29) is 6.17 Å². The predicted octanol–water partition coefficient (Wildman–Crippen LogP) is 1.09. The molecule has 2 fully saturated rings. The van der Waals surface area contributed by atoms with Crippen molar-refractivity contribution in [3.8, 4) is 0 Å². The van der Waals surface area contributed by atoms with Crippen molar-refractivity contribution < 1.29 is 8.42 Å². The van der Waals surface area contributed by atoms with Gasteiger partial charge in [-0.2, -0.15) is 17.0 Å². The molecule has 106 valence electrons. The molecule has 0 aliphatic carbocycles. The summed E-state index contributed by atoms with van der Waals surface area (Å²) in [4.78, 5) is 2.16. The first-order chi connectivity index (χ1) is 8.57. The molecule has 0 aromatic heterocycles. The van der Waals surface area contributed by atoms with Crippen molar-refractivity contribution in [3.05, 3.63) is 0 Å². The molecule has 0 radical (unpaired) electrons. The molecule has 2 aliphatic rings. The van der Waals surface area contributed by atoms with Crippen LogP contribution in [-0.2, 0) is 10.2 Å². The minimum absolute atomic E-state index is 0.0573. The highest BCUT2D eigenvalue weighted by Gasteiger charge is 2.37. The molecule has 2 heterocycles. The van der Waals surface area contributed by atoms with Crippen LogP contribution < -0.4 is 0 Å². The van der Waals surface area contributed by atoms with E-state index < -0.39 is 10.2 Å². The minimum Gasteiger partial charge on any atom is -0.290 e. The molecular formula is C12H25N3O2S. The van der Waals surface area contributed by atoms with E-state index in [9.17, 15) is 8.42 Å². The lowest BCUT2D eigenvalue weighted by Gasteiger charge is -2.36. The van der Waals surface area contributed by atoms with Gasteiger partial charge in [0.25, 0.3) is 10.2 Å². The molecule has 0 N–H and O–H groups in total. The smallest absolute Gasteiger partial charge is 0.283 e. The average Bonchev–Trinajstić information content (AvgIpc) is 2.78. The van der Waals surface area contributed by atoms with E-state index >= 15 is 0 Å². The van der Waals surface area contributed by atoms with Crippen LogP contribution in [0.4, 0.5) is 0 Å². The molecule has 5 nitrogen and oxygen atoms in total. The van der Waals surface area contributed by atoms with E-state index in [1.54, 1.807) is 8.61 Å². The lowest BCUT2D eigenvalue weighted by atomic mass is 10.2. The van der Waals surface area contributed by atoms with Gasteiger partial charge in [0.05, 0.1) is 6.17 Å².